The first-order valence-corrected chi connectivity index (χ1v) is 22.2. The number of amides is 4. The lowest BCUT2D eigenvalue weighted by Crippen LogP contribution is -2.70. The molecular weight excluding hydrogens is 913 g/mol. The number of aliphatic hydroxyl groups is 16. The second-order valence-corrected chi connectivity index (χ2v) is 18.2. The van der Waals surface area contributed by atoms with E-state index < -0.39 is 183 Å². The van der Waals surface area contributed by atoms with Gasteiger partial charge in [0.25, 0.3) is 0 Å². The number of carbonyl (C=O) groups excluding carboxylic acids is 4. The summed E-state index contributed by atoms with van der Waals surface area (Å²) in [7, 11) is 1.69. The van der Waals surface area contributed by atoms with E-state index >= 15 is 0 Å². The third-order valence-corrected chi connectivity index (χ3v) is 13.5. The normalized spacial score (nSPS) is 43.7. The van der Waals surface area contributed by atoms with Gasteiger partial charge in [0.2, 0.25) is 23.6 Å². The van der Waals surface area contributed by atoms with Gasteiger partial charge in [-0.1, -0.05) is 21.6 Å². The van der Waals surface area contributed by atoms with Crippen LogP contribution in [-0.2, 0) is 38.1 Å². The predicted molar refractivity (Wildman–Crippen MR) is 209 cm³/mol. The summed E-state index contributed by atoms with van der Waals surface area (Å²) in [6.45, 7) is 0.278. The van der Waals surface area contributed by atoms with Crippen LogP contribution in [0.5, 0.6) is 0 Å². The highest BCUT2D eigenvalue weighted by atomic mass is 33.1. The van der Waals surface area contributed by atoms with Crippen LogP contribution in [0.2, 0.25) is 0 Å². The van der Waals surface area contributed by atoms with E-state index in [1.165, 1.54) is 0 Å². The molecule has 24 atom stereocenters. The minimum absolute atomic E-state index is 0.323. The Balaban J connectivity index is 1.46. The maximum Gasteiger partial charge on any atom is 0.243 e. The van der Waals surface area contributed by atoms with E-state index in [9.17, 15) is 101 Å². The molecule has 64 heavy (non-hydrogen) atoms. The van der Waals surface area contributed by atoms with Crippen LogP contribution in [0, 0.1) is 0 Å². The van der Waals surface area contributed by atoms with Crippen LogP contribution in [0.4, 0.5) is 0 Å². The van der Waals surface area contributed by atoms with Crippen molar-refractivity contribution in [3.05, 3.63) is 0 Å². The Morgan fingerprint density at radius 3 is 1.02 bits per heavy atom. The van der Waals surface area contributed by atoms with Gasteiger partial charge in [-0.3, -0.25) is 19.2 Å². The predicted octanol–water partition coefficient (Wildman–Crippen LogP) is -12.4. The molecule has 28 nitrogen and oxygen atoms in total. The highest BCUT2D eigenvalue weighted by molar-refractivity contribution is 8.76. The molecule has 30 heteroatoms. The van der Waals surface area contributed by atoms with Crippen LogP contribution < -0.4 is 21.3 Å². The average molecular weight is 971 g/mol. The third-order valence-electron chi connectivity index (χ3n) is 11.0. The number of rotatable bonds is 17. The summed E-state index contributed by atoms with van der Waals surface area (Å²) in [4.78, 5) is 51.6. The zero-order chi connectivity index (χ0) is 48.1. The van der Waals surface area contributed by atoms with Gasteiger partial charge in [0, 0.05) is 25.4 Å². The molecule has 4 aliphatic rings. The highest BCUT2D eigenvalue weighted by Crippen LogP contribution is 2.32. The number of aliphatic hydroxyl groups excluding tert-OH is 16. The van der Waals surface area contributed by atoms with Gasteiger partial charge in [-0.05, 0) is 0 Å². The number of nitrogens with one attached hydrogen (secondary N) is 4. The summed E-state index contributed by atoms with van der Waals surface area (Å²) in [6.07, 6.45) is -39.1. The number of hydrogen-bond acceptors (Lipinski definition) is 26. The quantitative estimate of drug-likeness (QED) is 0.0475. The molecule has 0 radical (unpaired) electrons. The highest BCUT2D eigenvalue weighted by Gasteiger charge is 2.55. The molecule has 4 rings (SSSR count). The number of carbonyl (C=O) groups is 4. The monoisotopic (exact) mass is 970 g/mol. The van der Waals surface area contributed by atoms with Crippen LogP contribution in [-0.4, -0.2) is 277 Å². The first-order valence-electron chi connectivity index (χ1n) is 19.7. The van der Waals surface area contributed by atoms with Gasteiger partial charge in [0.05, 0.1) is 13.2 Å². The van der Waals surface area contributed by atoms with Gasteiger partial charge in [0.1, 0.15) is 134 Å². The van der Waals surface area contributed by atoms with Crippen molar-refractivity contribution >= 4 is 45.2 Å². The molecule has 2 saturated carbocycles. The van der Waals surface area contributed by atoms with Crippen molar-refractivity contribution in [3.63, 3.8) is 0 Å². The first kappa shape index (κ1) is 54.4. The lowest BCUT2D eigenvalue weighted by molar-refractivity contribution is -0.319. The second-order valence-electron chi connectivity index (χ2n) is 15.7. The largest absolute Gasteiger partial charge is 0.394 e. The Morgan fingerprint density at radius 1 is 0.469 bits per heavy atom. The van der Waals surface area contributed by atoms with Gasteiger partial charge < -0.3 is 122 Å². The summed E-state index contributed by atoms with van der Waals surface area (Å²) in [5.41, 5.74) is 0. The molecule has 0 bridgehead atoms. The molecule has 20 N–H and O–H groups in total. The van der Waals surface area contributed by atoms with E-state index in [1.807, 2.05) is 0 Å². The van der Waals surface area contributed by atoms with E-state index in [0.717, 1.165) is 35.4 Å². The molecule has 2 saturated heterocycles. The molecule has 2 aliphatic heterocycles. The summed E-state index contributed by atoms with van der Waals surface area (Å²) in [5.74, 6) is -4.25. The van der Waals surface area contributed by atoms with Crippen LogP contribution in [0.3, 0.4) is 0 Å². The zero-order valence-electron chi connectivity index (χ0n) is 33.9. The van der Waals surface area contributed by atoms with Gasteiger partial charge in [-0.25, -0.2) is 0 Å². The molecule has 370 valence electrons. The summed E-state index contributed by atoms with van der Waals surface area (Å²) >= 11 is 0. The Bertz CT molecular complexity index is 1420. The van der Waals surface area contributed by atoms with E-state index in [2.05, 4.69) is 21.3 Å². The fourth-order valence-electron chi connectivity index (χ4n) is 7.35. The Hall–Kier alpha value is -2.22. The molecule has 2 heterocycles. The lowest BCUT2D eigenvalue weighted by Gasteiger charge is -2.47. The van der Waals surface area contributed by atoms with Crippen LogP contribution >= 0.6 is 21.6 Å². The van der Waals surface area contributed by atoms with Gasteiger partial charge in [-0.2, -0.15) is 0 Å². The Kier molecular flexibility index (Phi) is 20.1. The van der Waals surface area contributed by atoms with Crippen molar-refractivity contribution in [3.8, 4) is 0 Å². The Morgan fingerprint density at radius 2 is 0.750 bits per heavy atom. The molecule has 4 fully saturated rings. The van der Waals surface area contributed by atoms with Crippen LogP contribution in [0.25, 0.3) is 0 Å². The molecule has 0 aromatic carbocycles. The standard InChI is InChI=1S/C34H58N4O24S2/c1-7(41)35-9(31(57)37-13-17(45)15(43)11(3-39)59-33(13)61-29-25(53)21(49)19(47)22(50)26(29)54)5-63-64-6-10(36-8(2)42)32(58)38-14-18(46)16(44)12(4-40)60-34(14)62-30-27(55)23(51)20(48)24(52)28(30)56/h9-30,33-34,39-40,43-56H,3-6H2,1-2H3,(H,35,41)(H,36,42)(H,37,57)(H,38,58)/t9-,10-,11+,12+,13+,14+,15+,16+,17+,18+,19?,20?,21-,22+,23-,24+,25+,26+,27+,28+,29?,30?,33+,34+/m0/s1. The summed E-state index contributed by atoms with van der Waals surface area (Å²) in [6, 6.07) is -6.55. The fourth-order valence-corrected chi connectivity index (χ4v) is 9.68. The van der Waals surface area contributed by atoms with Crippen molar-refractivity contribution in [1.29, 1.82) is 0 Å². The van der Waals surface area contributed by atoms with Gasteiger partial charge in [0.15, 0.2) is 12.6 Å². The van der Waals surface area contributed by atoms with Crippen molar-refractivity contribution < 1.29 is 120 Å². The Labute approximate surface area is 370 Å². The van der Waals surface area contributed by atoms with E-state index in [4.69, 9.17) is 18.9 Å². The maximum atomic E-state index is 13.6. The fraction of sp³-hybridized carbons (Fsp3) is 0.882. The van der Waals surface area contributed by atoms with Crippen LogP contribution in [0.1, 0.15) is 13.8 Å². The smallest absolute Gasteiger partial charge is 0.243 e. The first-order chi connectivity index (χ1) is 30.0. The van der Waals surface area contributed by atoms with Crippen molar-refractivity contribution in [2.24, 2.45) is 0 Å². The van der Waals surface area contributed by atoms with E-state index in [0.29, 0.717) is 0 Å². The van der Waals surface area contributed by atoms with Crippen molar-refractivity contribution in [2.45, 2.75) is 160 Å². The molecular formula is C34H58N4O24S2. The minimum Gasteiger partial charge on any atom is -0.394 e. The summed E-state index contributed by atoms with van der Waals surface area (Å²) in [5, 5.41) is 175. The second kappa shape index (κ2) is 23.7. The van der Waals surface area contributed by atoms with E-state index in [1.54, 1.807) is 0 Å². The zero-order valence-corrected chi connectivity index (χ0v) is 35.6. The molecule has 4 unspecified atom stereocenters. The SMILES string of the molecule is CC(=O)N[C@@H](CSSC[C@H](NC(C)=O)C(=O)N[C@H]1[C@@H](OC2[C@H](O)[C@H](O)C(O)[C@H](O)[C@H]2O)O[C@H](CO)[C@@H](O)[C@@H]1O)C(=O)N[C@H]1[C@@H](OC2[C@H](O)[C@H](O)C(O)[C@H](O)[C@H]2O)O[C@H](CO)[C@@H](O)[C@@H]1O. The lowest BCUT2D eigenvalue weighted by atomic mass is 9.84. The molecule has 0 spiro atoms. The van der Waals surface area contributed by atoms with Gasteiger partial charge >= 0.3 is 0 Å². The molecule has 4 amide bonds. The molecule has 0 aromatic heterocycles. The van der Waals surface area contributed by atoms with Crippen molar-refractivity contribution in [1.82, 2.24) is 21.3 Å². The maximum absolute atomic E-state index is 13.6. The third kappa shape index (κ3) is 12.5. The van der Waals surface area contributed by atoms with E-state index in [-0.39, 0.29) is 11.5 Å². The summed E-state index contributed by atoms with van der Waals surface area (Å²) < 4.78 is 22.1. The number of hydrogen-bond donors (Lipinski definition) is 20. The average Bonchev–Trinajstić information content (AvgIpc) is 3.25. The molecule has 2 aliphatic carbocycles. The minimum atomic E-state index is -2.07. The van der Waals surface area contributed by atoms with Crippen LogP contribution in [0.15, 0.2) is 0 Å². The van der Waals surface area contributed by atoms with Gasteiger partial charge in [-0.15, -0.1) is 0 Å². The number of ether oxygens (including phenoxy) is 4. The molecule has 0 aromatic rings. The van der Waals surface area contributed by atoms with Crippen molar-refractivity contribution in [2.75, 3.05) is 24.7 Å². The topological polar surface area (TPSA) is 477 Å².